The summed E-state index contributed by atoms with van der Waals surface area (Å²) in [4.78, 5) is 0. The van der Waals surface area contributed by atoms with Crippen LogP contribution in [0, 0.1) is 0 Å². The predicted octanol–water partition coefficient (Wildman–Crippen LogP) is 0.605. The molecule has 64 valence electrons. The van der Waals surface area contributed by atoms with E-state index in [1.165, 1.54) is 17.9 Å². The van der Waals surface area contributed by atoms with Gasteiger partial charge in [0.25, 0.3) is 0 Å². The molecule has 3 heteroatoms. The quantitative estimate of drug-likeness (QED) is 0.641. The lowest BCUT2D eigenvalue weighted by molar-refractivity contribution is 0.0590. The van der Waals surface area contributed by atoms with E-state index in [9.17, 15) is 0 Å². The Kier molecular flexibility index (Phi) is 2.39. The van der Waals surface area contributed by atoms with Gasteiger partial charge in [-0.1, -0.05) is 0 Å². The van der Waals surface area contributed by atoms with Crippen LogP contribution in [0.3, 0.4) is 0 Å². The number of aliphatic hydroxyl groups excluding tert-OH is 1. The van der Waals surface area contributed by atoms with Crippen LogP contribution >= 0.6 is 11.8 Å². The SMILES string of the molecule is OC1CC(NC2CCSC2)C1. The van der Waals surface area contributed by atoms with Crippen LogP contribution in [0.25, 0.3) is 0 Å². The lowest BCUT2D eigenvalue weighted by Crippen LogP contribution is -2.48. The molecule has 1 atom stereocenters. The van der Waals surface area contributed by atoms with Crippen LogP contribution in [0.15, 0.2) is 0 Å². The first-order valence-electron chi connectivity index (χ1n) is 4.36. The molecule has 11 heavy (non-hydrogen) atoms. The van der Waals surface area contributed by atoms with E-state index in [4.69, 9.17) is 5.11 Å². The van der Waals surface area contributed by atoms with Crippen LogP contribution in [0.4, 0.5) is 0 Å². The van der Waals surface area contributed by atoms with Crippen molar-refractivity contribution in [2.75, 3.05) is 11.5 Å². The molecule has 0 aromatic rings. The lowest BCUT2D eigenvalue weighted by atomic mass is 9.89. The maximum atomic E-state index is 9.05. The van der Waals surface area contributed by atoms with E-state index in [1.54, 1.807) is 0 Å². The molecule has 0 aromatic heterocycles. The molecule has 0 bridgehead atoms. The van der Waals surface area contributed by atoms with Crippen molar-refractivity contribution in [1.29, 1.82) is 0 Å². The van der Waals surface area contributed by atoms with Gasteiger partial charge in [0.2, 0.25) is 0 Å². The Hall–Kier alpha value is 0.270. The predicted molar refractivity (Wildman–Crippen MR) is 47.9 cm³/mol. The van der Waals surface area contributed by atoms with Crippen molar-refractivity contribution in [3.63, 3.8) is 0 Å². The number of nitrogens with one attached hydrogen (secondary N) is 1. The van der Waals surface area contributed by atoms with Gasteiger partial charge in [-0.15, -0.1) is 0 Å². The molecule has 0 amide bonds. The number of rotatable bonds is 2. The third kappa shape index (κ3) is 1.89. The van der Waals surface area contributed by atoms with Gasteiger partial charge in [0.05, 0.1) is 6.10 Å². The van der Waals surface area contributed by atoms with Crippen molar-refractivity contribution in [2.24, 2.45) is 0 Å². The van der Waals surface area contributed by atoms with Gasteiger partial charge in [-0.05, 0) is 25.0 Å². The third-order valence-electron chi connectivity index (χ3n) is 2.51. The highest BCUT2D eigenvalue weighted by Crippen LogP contribution is 2.23. The van der Waals surface area contributed by atoms with Gasteiger partial charge in [-0.2, -0.15) is 11.8 Å². The Morgan fingerprint density at radius 1 is 1.27 bits per heavy atom. The summed E-state index contributed by atoms with van der Waals surface area (Å²) in [6, 6.07) is 1.35. The molecule has 0 aromatic carbocycles. The summed E-state index contributed by atoms with van der Waals surface area (Å²) in [5.74, 6) is 2.58. The summed E-state index contributed by atoms with van der Waals surface area (Å²) in [5.41, 5.74) is 0. The maximum absolute atomic E-state index is 9.05. The summed E-state index contributed by atoms with van der Waals surface area (Å²) in [7, 11) is 0. The Balaban J connectivity index is 1.66. The second-order valence-corrected chi connectivity index (χ2v) is 4.70. The summed E-state index contributed by atoms with van der Waals surface area (Å²) >= 11 is 2.03. The van der Waals surface area contributed by atoms with Gasteiger partial charge in [-0.3, -0.25) is 0 Å². The van der Waals surface area contributed by atoms with Crippen molar-refractivity contribution in [3.8, 4) is 0 Å². The highest BCUT2D eigenvalue weighted by atomic mass is 32.2. The fourth-order valence-electron chi connectivity index (χ4n) is 1.72. The van der Waals surface area contributed by atoms with Crippen LogP contribution in [-0.4, -0.2) is 34.8 Å². The Labute approximate surface area is 71.7 Å². The van der Waals surface area contributed by atoms with Gasteiger partial charge >= 0.3 is 0 Å². The normalized spacial score (nSPS) is 43.9. The summed E-state index contributed by atoms with van der Waals surface area (Å²) in [5, 5.41) is 12.6. The third-order valence-corrected chi connectivity index (χ3v) is 3.68. The summed E-state index contributed by atoms with van der Waals surface area (Å²) in [6.45, 7) is 0. The first-order chi connectivity index (χ1) is 5.34. The fraction of sp³-hybridized carbons (Fsp3) is 1.00. The van der Waals surface area contributed by atoms with Crippen LogP contribution in [0.5, 0.6) is 0 Å². The Morgan fingerprint density at radius 3 is 2.64 bits per heavy atom. The number of aliphatic hydroxyl groups is 1. The molecule has 1 saturated heterocycles. The first kappa shape index (κ1) is 7.90. The van der Waals surface area contributed by atoms with Crippen LogP contribution in [0.2, 0.25) is 0 Å². The van der Waals surface area contributed by atoms with Gasteiger partial charge in [0, 0.05) is 17.8 Å². The minimum Gasteiger partial charge on any atom is -0.393 e. The summed E-state index contributed by atoms with van der Waals surface area (Å²) in [6.07, 6.45) is 3.25. The largest absolute Gasteiger partial charge is 0.393 e. The topological polar surface area (TPSA) is 32.3 Å². The molecule has 1 unspecified atom stereocenters. The molecular weight excluding hydrogens is 158 g/mol. The van der Waals surface area contributed by atoms with E-state index in [-0.39, 0.29) is 6.10 Å². The lowest BCUT2D eigenvalue weighted by Gasteiger charge is -2.34. The monoisotopic (exact) mass is 173 g/mol. The standard InChI is InChI=1S/C8H15NOS/c10-8-3-7(4-8)9-6-1-2-11-5-6/h6-10H,1-5H2. The first-order valence-corrected chi connectivity index (χ1v) is 5.52. The van der Waals surface area contributed by atoms with Crippen LogP contribution in [-0.2, 0) is 0 Å². The van der Waals surface area contributed by atoms with Crippen molar-refractivity contribution in [1.82, 2.24) is 5.32 Å². The van der Waals surface area contributed by atoms with E-state index in [0.717, 1.165) is 18.9 Å². The van der Waals surface area contributed by atoms with Gasteiger partial charge in [-0.25, -0.2) is 0 Å². The zero-order valence-corrected chi connectivity index (χ0v) is 7.44. The second kappa shape index (κ2) is 3.33. The number of thioether (sulfide) groups is 1. The van der Waals surface area contributed by atoms with Crippen molar-refractivity contribution in [3.05, 3.63) is 0 Å². The molecule has 2 fully saturated rings. The molecule has 2 nitrogen and oxygen atoms in total. The molecule has 0 spiro atoms. The molecule has 1 aliphatic heterocycles. The van der Waals surface area contributed by atoms with Crippen LogP contribution in [0.1, 0.15) is 19.3 Å². The van der Waals surface area contributed by atoms with Gasteiger partial charge in [0.15, 0.2) is 0 Å². The van der Waals surface area contributed by atoms with Crippen molar-refractivity contribution < 1.29 is 5.11 Å². The number of hydrogen-bond donors (Lipinski definition) is 2. The van der Waals surface area contributed by atoms with Gasteiger partial charge in [0.1, 0.15) is 0 Å². The average molecular weight is 173 g/mol. The molecule has 2 rings (SSSR count). The van der Waals surface area contributed by atoms with Gasteiger partial charge < -0.3 is 10.4 Å². The zero-order valence-electron chi connectivity index (χ0n) is 6.62. The van der Waals surface area contributed by atoms with Crippen molar-refractivity contribution >= 4 is 11.8 Å². The molecule has 1 heterocycles. The molecular formula is C8H15NOS. The zero-order chi connectivity index (χ0) is 7.68. The smallest absolute Gasteiger partial charge is 0.0570 e. The fourth-order valence-corrected chi connectivity index (χ4v) is 2.89. The minimum atomic E-state index is -0.0124. The average Bonchev–Trinajstić information content (AvgIpc) is 2.36. The molecule has 1 saturated carbocycles. The van der Waals surface area contributed by atoms with E-state index in [0.29, 0.717) is 6.04 Å². The maximum Gasteiger partial charge on any atom is 0.0570 e. The van der Waals surface area contributed by atoms with E-state index >= 15 is 0 Å². The highest BCUT2D eigenvalue weighted by molar-refractivity contribution is 7.99. The Bertz CT molecular complexity index is 130. The highest BCUT2D eigenvalue weighted by Gasteiger charge is 2.29. The van der Waals surface area contributed by atoms with E-state index in [2.05, 4.69) is 5.32 Å². The molecule has 2 N–H and O–H groups in total. The Morgan fingerprint density at radius 2 is 2.09 bits per heavy atom. The minimum absolute atomic E-state index is 0.0124. The van der Waals surface area contributed by atoms with E-state index in [1.807, 2.05) is 11.8 Å². The van der Waals surface area contributed by atoms with E-state index < -0.39 is 0 Å². The number of hydrogen-bond acceptors (Lipinski definition) is 3. The second-order valence-electron chi connectivity index (χ2n) is 3.55. The molecule has 1 aliphatic carbocycles. The molecule has 2 aliphatic rings. The summed E-state index contributed by atoms with van der Waals surface area (Å²) < 4.78 is 0. The van der Waals surface area contributed by atoms with Crippen LogP contribution < -0.4 is 5.32 Å². The molecule has 0 radical (unpaired) electrons. The van der Waals surface area contributed by atoms with Crippen molar-refractivity contribution in [2.45, 2.75) is 37.5 Å².